The van der Waals surface area contributed by atoms with Crippen LogP contribution in [0.4, 0.5) is 0 Å². The molecule has 0 aliphatic heterocycles. The van der Waals surface area contributed by atoms with Crippen molar-refractivity contribution in [1.29, 1.82) is 0 Å². The molecule has 3 rings (SSSR count). The maximum Gasteiger partial charge on any atom is 0.120 e. The molecule has 0 radical (unpaired) electrons. The fraction of sp³-hybridized carbons (Fsp3) is 0.308. The number of hydrogen-bond acceptors (Lipinski definition) is 0. The van der Waals surface area contributed by atoms with Crippen molar-refractivity contribution in [3.8, 4) is 0 Å². The molecule has 0 aliphatic carbocycles. The van der Waals surface area contributed by atoms with Crippen molar-refractivity contribution in [2.45, 2.75) is 51.8 Å². The molecule has 0 saturated heterocycles. The standard InChI is InChI=1S/C21H19Cl.C5H12/c1-16-12-14-19(15-13-16)21(22,18-9-4-3-5-10-18)20-11-7-6-8-17(20)2;1-3-5-4-2/h3-15H,1-2H3;3-5H2,1-2H3. The van der Waals surface area contributed by atoms with Crippen LogP contribution >= 0.6 is 11.6 Å². The van der Waals surface area contributed by atoms with E-state index >= 15 is 0 Å². The normalized spacial score (nSPS) is 12.6. The Morgan fingerprint density at radius 1 is 0.667 bits per heavy atom. The summed E-state index contributed by atoms with van der Waals surface area (Å²) >= 11 is 7.27. The van der Waals surface area contributed by atoms with Crippen LogP contribution < -0.4 is 0 Å². The van der Waals surface area contributed by atoms with Gasteiger partial charge in [0.1, 0.15) is 4.87 Å². The lowest BCUT2D eigenvalue weighted by atomic mass is 9.82. The summed E-state index contributed by atoms with van der Waals surface area (Å²) in [5, 5.41) is 0. The molecule has 0 nitrogen and oxygen atoms in total. The van der Waals surface area contributed by atoms with Crippen molar-refractivity contribution in [3.63, 3.8) is 0 Å². The van der Waals surface area contributed by atoms with E-state index in [4.69, 9.17) is 11.6 Å². The van der Waals surface area contributed by atoms with Gasteiger partial charge in [0.25, 0.3) is 0 Å². The minimum absolute atomic E-state index is 0.666. The van der Waals surface area contributed by atoms with Gasteiger partial charge in [-0.3, -0.25) is 0 Å². The van der Waals surface area contributed by atoms with Gasteiger partial charge in [0, 0.05) is 0 Å². The highest BCUT2D eigenvalue weighted by Gasteiger charge is 2.34. The summed E-state index contributed by atoms with van der Waals surface area (Å²) in [6.07, 6.45) is 4.08. The number of alkyl halides is 1. The van der Waals surface area contributed by atoms with Gasteiger partial charge < -0.3 is 0 Å². The summed E-state index contributed by atoms with van der Waals surface area (Å²) in [6, 6.07) is 27.1. The minimum Gasteiger partial charge on any atom is -0.104 e. The second kappa shape index (κ2) is 10.3. The predicted molar refractivity (Wildman–Crippen MR) is 120 cm³/mol. The summed E-state index contributed by atoms with van der Waals surface area (Å²) in [5.41, 5.74) is 5.75. The average molecular weight is 379 g/mol. The quantitative estimate of drug-likeness (QED) is 0.311. The Balaban J connectivity index is 0.000000465. The van der Waals surface area contributed by atoms with Crippen molar-refractivity contribution in [1.82, 2.24) is 0 Å². The molecule has 1 unspecified atom stereocenters. The Morgan fingerprint density at radius 3 is 1.70 bits per heavy atom. The molecule has 3 aromatic carbocycles. The van der Waals surface area contributed by atoms with Crippen LogP contribution in [0.5, 0.6) is 0 Å². The Kier molecular flexibility index (Phi) is 8.13. The second-order valence-electron chi connectivity index (χ2n) is 7.06. The molecule has 3 aromatic rings. The molecule has 0 amide bonds. The minimum atomic E-state index is -0.666. The third-order valence-electron chi connectivity index (χ3n) is 4.84. The molecule has 0 spiro atoms. The number of rotatable bonds is 5. The first-order chi connectivity index (χ1) is 13.0. The molecule has 0 N–H and O–H groups in total. The molecule has 1 heteroatoms. The van der Waals surface area contributed by atoms with E-state index in [1.54, 1.807) is 0 Å². The zero-order valence-electron chi connectivity index (χ0n) is 17.0. The smallest absolute Gasteiger partial charge is 0.104 e. The Hall–Kier alpha value is -2.05. The largest absolute Gasteiger partial charge is 0.120 e. The molecular weight excluding hydrogens is 348 g/mol. The van der Waals surface area contributed by atoms with Crippen LogP contribution in [-0.4, -0.2) is 0 Å². The SMILES string of the molecule is CCCCC.Cc1ccc(C(Cl)(c2ccccc2)c2ccccc2C)cc1. The van der Waals surface area contributed by atoms with Crippen molar-refractivity contribution < 1.29 is 0 Å². The summed E-state index contributed by atoms with van der Waals surface area (Å²) in [6.45, 7) is 8.63. The van der Waals surface area contributed by atoms with E-state index in [0.717, 1.165) is 16.7 Å². The highest BCUT2D eigenvalue weighted by molar-refractivity contribution is 6.28. The van der Waals surface area contributed by atoms with Crippen LogP contribution in [0.15, 0.2) is 78.9 Å². The number of benzene rings is 3. The van der Waals surface area contributed by atoms with Crippen LogP contribution in [0.2, 0.25) is 0 Å². The predicted octanol–water partition coefficient (Wildman–Crippen LogP) is 8.03. The number of aryl methyl sites for hydroxylation is 2. The van der Waals surface area contributed by atoms with Gasteiger partial charge in [0.2, 0.25) is 0 Å². The summed E-state index contributed by atoms with van der Waals surface area (Å²) < 4.78 is 0. The first kappa shape index (κ1) is 21.3. The molecule has 0 aromatic heterocycles. The molecule has 0 aliphatic rings. The number of hydrogen-bond donors (Lipinski definition) is 0. The lowest BCUT2D eigenvalue weighted by Gasteiger charge is -2.30. The molecule has 0 saturated carbocycles. The van der Waals surface area contributed by atoms with Crippen LogP contribution in [0.1, 0.15) is 60.9 Å². The van der Waals surface area contributed by atoms with Gasteiger partial charge in [-0.05, 0) is 36.1 Å². The van der Waals surface area contributed by atoms with Crippen molar-refractivity contribution in [2.24, 2.45) is 0 Å². The summed E-state index contributed by atoms with van der Waals surface area (Å²) in [7, 11) is 0. The van der Waals surface area contributed by atoms with Crippen LogP contribution in [0.25, 0.3) is 0 Å². The lowest BCUT2D eigenvalue weighted by molar-refractivity contribution is 0.772. The van der Waals surface area contributed by atoms with Gasteiger partial charge in [-0.25, -0.2) is 0 Å². The van der Waals surface area contributed by atoms with Crippen LogP contribution in [0, 0.1) is 13.8 Å². The van der Waals surface area contributed by atoms with E-state index in [1.165, 1.54) is 30.4 Å². The fourth-order valence-electron chi connectivity index (χ4n) is 3.24. The summed E-state index contributed by atoms with van der Waals surface area (Å²) in [5.74, 6) is 0. The Morgan fingerprint density at radius 2 is 1.19 bits per heavy atom. The van der Waals surface area contributed by atoms with Gasteiger partial charge in [-0.1, -0.05) is 118 Å². The molecule has 0 fully saturated rings. The van der Waals surface area contributed by atoms with E-state index in [0.29, 0.717) is 0 Å². The number of unbranched alkanes of at least 4 members (excludes halogenated alkanes) is 2. The van der Waals surface area contributed by atoms with E-state index in [9.17, 15) is 0 Å². The van der Waals surface area contributed by atoms with Gasteiger partial charge in [-0.15, -0.1) is 11.6 Å². The van der Waals surface area contributed by atoms with Gasteiger partial charge in [0.15, 0.2) is 0 Å². The maximum atomic E-state index is 7.27. The van der Waals surface area contributed by atoms with Gasteiger partial charge in [0.05, 0.1) is 0 Å². The third kappa shape index (κ3) is 5.23. The Labute approximate surface area is 170 Å². The van der Waals surface area contributed by atoms with Crippen LogP contribution in [0.3, 0.4) is 0 Å². The van der Waals surface area contributed by atoms with Gasteiger partial charge >= 0.3 is 0 Å². The fourth-order valence-corrected chi connectivity index (χ4v) is 3.71. The molecule has 0 heterocycles. The molecule has 142 valence electrons. The van der Waals surface area contributed by atoms with Crippen molar-refractivity contribution in [2.75, 3.05) is 0 Å². The highest BCUT2D eigenvalue weighted by Crippen LogP contribution is 2.44. The Bertz CT molecular complexity index is 803. The monoisotopic (exact) mass is 378 g/mol. The molecular formula is C26H31Cl. The average Bonchev–Trinajstić information content (AvgIpc) is 2.70. The number of halogens is 1. The van der Waals surface area contributed by atoms with E-state index in [-0.39, 0.29) is 0 Å². The first-order valence-electron chi connectivity index (χ1n) is 9.91. The maximum absolute atomic E-state index is 7.27. The highest BCUT2D eigenvalue weighted by atomic mass is 35.5. The van der Waals surface area contributed by atoms with Crippen molar-refractivity contribution >= 4 is 11.6 Å². The lowest BCUT2D eigenvalue weighted by Crippen LogP contribution is -2.23. The van der Waals surface area contributed by atoms with Gasteiger partial charge in [-0.2, -0.15) is 0 Å². The zero-order valence-corrected chi connectivity index (χ0v) is 17.8. The van der Waals surface area contributed by atoms with E-state index in [2.05, 4.69) is 88.4 Å². The molecule has 27 heavy (non-hydrogen) atoms. The topological polar surface area (TPSA) is 0 Å². The van der Waals surface area contributed by atoms with E-state index < -0.39 is 4.87 Å². The second-order valence-corrected chi connectivity index (χ2v) is 7.63. The van der Waals surface area contributed by atoms with Crippen LogP contribution in [-0.2, 0) is 4.87 Å². The molecule has 1 atom stereocenters. The zero-order chi connectivity index (χ0) is 19.7. The molecule has 0 bridgehead atoms. The third-order valence-corrected chi connectivity index (χ3v) is 5.48. The van der Waals surface area contributed by atoms with Crippen molar-refractivity contribution in [3.05, 3.63) is 107 Å². The first-order valence-corrected chi connectivity index (χ1v) is 10.3. The van der Waals surface area contributed by atoms with E-state index in [1.807, 2.05) is 18.2 Å². The summed E-state index contributed by atoms with van der Waals surface area (Å²) in [4.78, 5) is -0.666.